The van der Waals surface area contributed by atoms with Gasteiger partial charge >= 0.3 is 0 Å². The summed E-state index contributed by atoms with van der Waals surface area (Å²) in [6.45, 7) is 7.02. The molecule has 0 unspecified atom stereocenters. The van der Waals surface area contributed by atoms with Gasteiger partial charge in [-0.2, -0.15) is 0 Å². The summed E-state index contributed by atoms with van der Waals surface area (Å²) >= 11 is 0. The fourth-order valence-electron chi connectivity index (χ4n) is 3.63. The van der Waals surface area contributed by atoms with Crippen molar-refractivity contribution in [2.45, 2.75) is 26.7 Å². The van der Waals surface area contributed by atoms with E-state index in [0.29, 0.717) is 24.0 Å². The number of nitrogens with zero attached hydrogens (tertiary/aromatic N) is 1. The number of hydrogen-bond acceptors (Lipinski definition) is 3. The van der Waals surface area contributed by atoms with E-state index in [0.717, 1.165) is 25.2 Å². The van der Waals surface area contributed by atoms with Crippen molar-refractivity contribution in [1.82, 2.24) is 4.90 Å². The lowest BCUT2D eigenvalue weighted by atomic mass is 9.77. The van der Waals surface area contributed by atoms with E-state index in [4.69, 9.17) is 0 Å². The highest BCUT2D eigenvalue weighted by Gasteiger charge is 2.51. The summed E-state index contributed by atoms with van der Waals surface area (Å²) in [6.07, 6.45) is 0.966. The van der Waals surface area contributed by atoms with Gasteiger partial charge in [0.05, 0.1) is 0 Å². The Hall–Kier alpha value is -2.41. The molecule has 0 saturated heterocycles. The van der Waals surface area contributed by atoms with Crippen LogP contribution in [0.5, 0.6) is 0 Å². The normalized spacial score (nSPS) is 14.2. The molecule has 0 aromatic heterocycles. The number of fused-ring (bicyclic) bond motifs is 1. The Morgan fingerprint density at radius 3 is 1.93 bits per heavy atom. The van der Waals surface area contributed by atoms with E-state index in [9.17, 15) is 9.59 Å². The summed E-state index contributed by atoms with van der Waals surface area (Å²) < 4.78 is 0. The van der Waals surface area contributed by atoms with Crippen LogP contribution in [-0.4, -0.2) is 36.1 Å². The van der Waals surface area contributed by atoms with Gasteiger partial charge in [-0.1, -0.05) is 74.4 Å². The molecule has 3 nitrogen and oxygen atoms in total. The van der Waals surface area contributed by atoms with E-state index in [1.807, 2.05) is 30.3 Å². The highest BCUT2D eigenvalue weighted by atomic mass is 35.5. The molecule has 2 aromatic carbocycles. The predicted molar refractivity (Wildman–Crippen MR) is 115 cm³/mol. The molecule has 0 radical (unpaired) electrons. The monoisotopic (exact) mass is 395 g/mol. The SMILES string of the molecule is CCN(CC)CCC#CC1(Cc2ccccc2)C(=O)c2ccccc2C1=O.Cl. The molecule has 0 amide bonds. The third kappa shape index (κ3) is 4.19. The minimum Gasteiger partial charge on any atom is -0.303 e. The van der Waals surface area contributed by atoms with Crippen LogP contribution in [0.3, 0.4) is 0 Å². The van der Waals surface area contributed by atoms with Crippen LogP contribution in [0.1, 0.15) is 46.5 Å². The quantitative estimate of drug-likeness (QED) is 0.535. The third-order valence-electron chi connectivity index (χ3n) is 5.25. The molecule has 4 heteroatoms. The molecule has 1 aliphatic rings. The molecule has 0 spiro atoms. The zero-order valence-corrected chi connectivity index (χ0v) is 17.2. The second kappa shape index (κ2) is 9.68. The van der Waals surface area contributed by atoms with Crippen LogP contribution >= 0.6 is 12.4 Å². The first-order valence-electron chi connectivity index (χ1n) is 9.57. The van der Waals surface area contributed by atoms with Crippen LogP contribution in [0, 0.1) is 17.3 Å². The van der Waals surface area contributed by atoms with E-state index in [-0.39, 0.29) is 24.0 Å². The molecule has 0 atom stereocenters. The number of halogens is 1. The van der Waals surface area contributed by atoms with E-state index in [2.05, 4.69) is 30.6 Å². The maximum absolute atomic E-state index is 13.2. The second-order valence-corrected chi connectivity index (χ2v) is 6.85. The predicted octanol–water partition coefficient (Wildman–Crippen LogP) is 4.45. The molecule has 2 aromatic rings. The van der Waals surface area contributed by atoms with Crippen LogP contribution in [0.4, 0.5) is 0 Å². The van der Waals surface area contributed by atoms with Crippen molar-refractivity contribution in [3.63, 3.8) is 0 Å². The Morgan fingerprint density at radius 2 is 1.39 bits per heavy atom. The van der Waals surface area contributed by atoms with Crippen molar-refractivity contribution in [2.75, 3.05) is 19.6 Å². The first kappa shape index (κ1) is 21.9. The molecule has 0 bridgehead atoms. The van der Waals surface area contributed by atoms with Gasteiger partial charge in [-0.25, -0.2) is 0 Å². The second-order valence-electron chi connectivity index (χ2n) is 6.85. The molecule has 3 rings (SSSR count). The van der Waals surface area contributed by atoms with Gasteiger partial charge in [0.25, 0.3) is 0 Å². The fraction of sp³-hybridized carbons (Fsp3) is 0.333. The molecule has 146 valence electrons. The van der Waals surface area contributed by atoms with Crippen LogP contribution < -0.4 is 0 Å². The average molecular weight is 396 g/mol. The number of hydrogen-bond donors (Lipinski definition) is 0. The highest BCUT2D eigenvalue weighted by Crippen LogP contribution is 2.39. The topological polar surface area (TPSA) is 37.4 Å². The maximum Gasteiger partial charge on any atom is 0.189 e. The van der Waals surface area contributed by atoms with E-state index < -0.39 is 5.41 Å². The van der Waals surface area contributed by atoms with E-state index in [1.54, 1.807) is 24.3 Å². The van der Waals surface area contributed by atoms with Gasteiger partial charge in [0.1, 0.15) is 0 Å². The molecule has 0 aliphatic heterocycles. The fourth-order valence-corrected chi connectivity index (χ4v) is 3.63. The number of ketones is 2. The summed E-state index contributed by atoms with van der Waals surface area (Å²) in [4.78, 5) is 28.8. The Bertz CT molecular complexity index is 857. The first-order chi connectivity index (χ1) is 13.1. The third-order valence-corrected chi connectivity index (χ3v) is 5.25. The lowest BCUT2D eigenvalue weighted by Crippen LogP contribution is -2.34. The molecular weight excluding hydrogens is 370 g/mol. The number of rotatable bonds is 6. The average Bonchev–Trinajstić information content (AvgIpc) is 2.91. The van der Waals surface area contributed by atoms with Gasteiger partial charge in [0.2, 0.25) is 0 Å². The summed E-state index contributed by atoms with van der Waals surface area (Å²) in [7, 11) is 0. The van der Waals surface area contributed by atoms with Crippen molar-refractivity contribution in [2.24, 2.45) is 5.41 Å². The number of carbonyl (C=O) groups is 2. The minimum absolute atomic E-state index is 0. The summed E-state index contributed by atoms with van der Waals surface area (Å²) in [5.74, 6) is 5.94. The van der Waals surface area contributed by atoms with Crippen LogP contribution in [0.25, 0.3) is 0 Å². The van der Waals surface area contributed by atoms with Crippen molar-refractivity contribution in [3.05, 3.63) is 71.3 Å². The molecule has 1 aliphatic carbocycles. The molecule has 0 fully saturated rings. The van der Waals surface area contributed by atoms with Crippen molar-refractivity contribution >= 4 is 24.0 Å². The van der Waals surface area contributed by atoms with Gasteiger partial charge in [-0.05, 0) is 18.7 Å². The summed E-state index contributed by atoms with van der Waals surface area (Å²) in [5, 5.41) is 0. The van der Waals surface area contributed by atoms with Gasteiger partial charge in [-0.3, -0.25) is 9.59 Å². The van der Waals surface area contributed by atoms with Gasteiger partial charge < -0.3 is 4.90 Å². The number of benzene rings is 2. The Balaban J connectivity index is 0.00000280. The molecular formula is C24H26ClNO2. The van der Waals surface area contributed by atoms with Crippen molar-refractivity contribution < 1.29 is 9.59 Å². The van der Waals surface area contributed by atoms with E-state index in [1.165, 1.54) is 0 Å². The molecule has 0 N–H and O–H groups in total. The standard InChI is InChI=1S/C24H25NO2.ClH/c1-3-25(4-2)17-11-10-16-24(18-19-12-6-5-7-13-19)22(26)20-14-8-9-15-21(20)23(24)27;/h5-9,12-15H,3-4,11,17-18H2,1-2H3;1H. The highest BCUT2D eigenvalue weighted by molar-refractivity contribution is 6.31. The zero-order valence-electron chi connectivity index (χ0n) is 16.4. The van der Waals surface area contributed by atoms with Crippen molar-refractivity contribution in [3.8, 4) is 11.8 Å². The number of carbonyl (C=O) groups excluding carboxylic acids is 2. The van der Waals surface area contributed by atoms with Crippen LogP contribution in [0.15, 0.2) is 54.6 Å². The minimum atomic E-state index is -1.30. The maximum atomic E-state index is 13.2. The van der Waals surface area contributed by atoms with Gasteiger partial charge in [-0.15, -0.1) is 18.3 Å². The lowest BCUT2D eigenvalue weighted by molar-refractivity contribution is 0.0770. The number of Topliss-reactive ketones (excluding diaryl/α,β-unsaturated/α-hetero) is 2. The Labute approximate surface area is 173 Å². The Morgan fingerprint density at radius 1 is 0.857 bits per heavy atom. The van der Waals surface area contributed by atoms with Crippen molar-refractivity contribution in [1.29, 1.82) is 0 Å². The first-order valence-corrected chi connectivity index (χ1v) is 9.57. The lowest BCUT2D eigenvalue weighted by Gasteiger charge is -2.20. The summed E-state index contributed by atoms with van der Waals surface area (Å²) in [6, 6.07) is 16.7. The van der Waals surface area contributed by atoms with Gasteiger partial charge in [0.15, 0.2) is 17.0 Å². The van der Waals surface area contributed by atoms with E-state index >= 15 is 0 Å². The van der Waals surface area contributed by atoms with Crippen LogP contribution in [0.2, 0.25) is 0 Å². The molecule has 28 heavy (non-hydrogen) atoms. The molecule has 0 saturated carbocycles. The molecule has 0 heterocycles. The smallest absolute Gasteiger partial charge is 0.189 e. The summed E-state index contributed by atoms with van der Waals surface area (Å²) in [5.41, 5.74) is 0.645. The largest absolute Gasteiger partial charge is 0.303 e. The Kier molecular flexibility index (Phi) is 7.57. The van der Waals surface area contributed by atoms with Gasteiger partial charge in [0, 0.05) is 30.5 Å². The van der Waals surface area contributed by atoms with Crippen LogP contribution in [-0.2, 0) is 6.42 Å². The zero-order chi connectivity index (χ0) is 19.3.